The molecule has 2 heterocycles. The number of nitrogens with two attached hydrogens (primary N) is 1. The lowest BCUT2D eigenvalue weighted by molar-refractivity contribution is -0.774. The topological polar surface area (TPSA) is 138 Å². The molecule has 2 rings (SSSR count). The molecular weight excluding hydrogens is 288 g/mol. The van der Waals surface area contributed by atoms with E-state index in [2.05, 4.69) is 14.5 Å². The van der Waals surface area contributed by atoms with Crippen molar-refractivity contribution in [3.63, 3.8) is 0 Å². The van der Waals surface area contributed by atoms with Crippen molar-refractivity contribution in [3.05, 3.63) is 11.9 Å². The third kappa shape index (κ3) is 3.99. The van der Waals surface area contributed by atoms with Crippen molar-refractivity contribution in [2.45, 2.75) is 32.4 Å². The highest BCUT2D eigenvalue weighted by Crippen LogP contribution is 2.15. The second-order valence-corrected chi connectivity index (χ2v) is 5.66. The molecule has 9 nitrogen and oxygen atoms in total. The van der Waals surface area contributed by atoms with Crippen LogP contribution in [-0.2, 0) is 14.7 Å². The Morgan fingerprint density at radius 3 is 2.55 bits per heavy atom. The van der Waals surface area contributed by atoms with Gasteiger partial charge in [0, 0.05) is 13.1 Å². The Morgan fingerprint density at radius 1 is 1.45 bits per heavy atom. The summed E-state index contributed by atoms with van der Waals surface area (Å²) in [6, 6.07) is 0. The number of amidine groups is 1. The van der Waals surface area contributed by atoms with Gasteiger partial charge in [0.2, 0.25) is 6.17 Å². The van der Waals surface area contributed by atoms with Crippen molar-refractivity contribution < 1.29 is 27.5 Å². The number of hydrogen-bond donors (Lipinski definition) is 3. The summed E-state index contributed by atoms with van der Waals surface area (Å²) in [5.41, 5.74) is 5.77. The first kappa shape index (κ1) is 16.5. The molecule has 2 aliphatic heterocycles. The molecule has 0 aromatic carbocycles. The molecule has 0 amide bonds. The minimum Gasteiger partial charge on any atom is -0.870 e. The molecule has 1 fully saturated rings. The van der Waals surface area contributed by atoms with Crippen LogP contribution in [0.5, 0.6) is 0 Å². The fourth-order valence-electron chi connectivity index (χ4n) is 2.27. The molecule has 0 spiro atoms. The third-order valence-electron chi connectivity index (χ3n) is 3.12. The molecule has 20 heavy (non-hydrogen) atoms. The van der Waals surface area contributed by atoms with E-state index in [9.17, 15) is 8.42 Å². The Morgan fingerprint density at radius 2 is 2.05 bits per heavy atom. The van der Waals surface area contributed by atoms with E-state index in [1.165, 1.54) is 6.42 Å². The SMILES string of the molecule is CC1NC(N2CCCCC2)=CC(N)=[N+]1OS(=O)(=O)O.[OH-]. The zero-order valence-corrected chi connectivity index (χ0v) is 12.0. The van der Waals surface area contributed by atoms with E-state index in [0.29, 0.717) is 0 Å². The van der Waals surface area contributed by atoms with E-state index in [1.54, 1.807) is 13.0 Å². The van der Waals surface area contributed by atoms with E-state index in [1.807, 2.05) is 0 Å². The van der Waals surface area contributed by atoms with Crippen LogP contribution in [0.15, 0.2) is 11.9 Å². The highest BCUT2D eigenvalue weighted by atomic mass is 32.3. The Bertz CT molecular complexity index is 510. The molecule has 1 unspecified atom stereocenters. The number of hydrogen-bond acceptors (Lipinski definition) is 7. The molecule has 0 radical (unpaired) electrons. The summed E-state index contributed by atoms with van der Waals surface area (Å²) in [6.45, 7) is 3.57. The van der Waals surface area contributed by atoms with Crippen LogP contribution in [0.3, 0.4) is 0 Å². The van der Waals surface area contributed by atoms with E-state index in [0.717, 1.165) is 36.5 Å². The Hall–Kier alpha value is -1.52. The minimum absolute atomic E-state index is 0. The lowest BCUT2D eigenvalue weighted by Crippen LogP contribution is -2.51. The van der Waals surface area contributed by atoms with Gasteiger partial charge >= 0.3 is 16.2 Å². The van der Waals surface area contributed by atoms with Crippen molar-refractivity contribution in [1.82, 2.24) is 10.2 Å². The minimum atomic E-state index is -4.59. The molecule has 0 aromatic rings. The zero-order chi connectivity index (χ0) is 14.0. The average molecular weight is 308 g/mol. The average Bonchev–Trinajstić information content (AvgIpc) is 2.33. The molecule has 0 aliphatic carbocycles. The maximum atomic E-state index is 10.7. The zero-order valence-electron chi connectivity index (χ0n) is 11.2. The second kappa shape index (κ2) is 6.29. The van der Waals surface area contributed by atoms with E-state index in [4.69, 9.17) is 10.3 Å². The quantitative estimate of drug-likeness (QED) is 0.454. The van der Waals surface area contributed by atoms with E-state index >= 15 is 0 Å². The van der Waals surface area contributed by atoms with Gasteiger partial charge in [-0.1, -0.05) is 0 Å². The smallest absolute Gasteiger partial charge is 0.481 e. The number of likely N-dealkylation sites (tertiary alicyclic amines) is 1. The van der Waals surface area contributed by atoms with Crippen LogP contribution in [0.2, 0.25) is 0 Å². The summed E-state index contributed by atoms with van der Waals surface area (Å²) < 4.78 is 35.5. The molecule has 10 heteroatoms. The standard InChI is InChI=1S/C10H18N4O4S.H2O/c1-8-12-10(13-5-3-2-4-6-13)7-9(11)14(8)18-19(15,16)17;/h7-8H,2-6H2,1H3,(H3,11,12,15,16,17);1H2. The first-order valence-corrected chi connectivity index (χ1v) is 7.55. The van der Waals surface area contributed by atoms with E-state index in [-0.39, 0.29) is 11.3 Å². The van der Waals surface area contributed by atoms with Crippen LogP contribution in [0.4, 0.5) is 0 Å². The van der Waals surface area contributed by atoms with Crippen molar-refractivity contribution >= 4 is 16.2 Å². The number of nitrogens with zero attached hydrogens (tertiary/aromatic N) is 2. The first-order valence-electron chi connectivity index (χ1n) is 6.19. The van der Waals surface area contributed by atoms with Crippen LogP contribution in [0, 0.1) is 0 Å². The Balaban J connectivity index is 0.00000200. The van der Waals surface area contributed by atoms with Gasteiger partial charge < -0.3 is 15.7 Å². The summed E-state index contributed by atoms with van der Waals surface area (Å²) in [6.07, 6.45) is 4.58. The molecule has 0 saturated carbocycles. The monoisotopic (exact) mass is 308 g/mol. The van der Waals surface area contributed by atoms with Crippen molar-refractivity contribution in [2.75, 3.05) is 13.1 Å². The maximum absolute atomic E-state index is 10.7. The van der Waals surface area contributed by atoms with Crippen molar-refractivity contribution in [2.24, 2.45) is 5.73 Å². The summed E-state index contributed by atoms with van der Waals surface area (Å²) in [5, 5.41) is 3.10. The molecule has 5 N–H and O–H groups in total. The fraction of sp³-hybridized carbons (Fsp3) is 0.700. The van der Waals surface area contributed by atoms with Crippen LogP contribution in [0.25, 0.3) is 0 Å². The van der Waals surface area contributed by atoms with Gasteiger partial charge in [-0.15, -0.1) is 0 Å². The lowest BCUT2D eigenvalue weighted by atomic mass is 10.1. The molecule has 116 valence electrons. The van der Waals surface area contributed by atoms with Gasteiger partial charge in [0.05, 0.1) is 6.08 Å². The normalized spacial score (nSPS) is 23.6. The van der Waals surface area contributed by atoms with Crippen molar-refractivity contribution in [1.29, 1.82) is 0 Å². The van der Waals surface area contributed by atoms with Gasteiger partial charge in [0.1, 0.15) is 5.82 Å². The number of piperidine rings is 1. The third-order valence-corrected chi connectivity index (χ3v) is 3.47. The van der Waals surface area contributed by atoms with Crippen LogP contribution in [-0.4, -0.2) is 53.2 Å². The van der Waals surface area contributed by atoms with Gasteiger partial charge in [0.15, 0.2) is 0 Å². The molecular formula is C10H20N4O5S. The van der Waals surface area contributed by atoms with Gasteiger partial charge in [-0.05, 0) is 30.9 Å². The molecule has 0 aromatic heterocycles. The van der Waals surface area contributed by atoms with Gasteiger partial charge in [-0.25, -0.2) is 0 Å². The Kier molecular flexibility index (Phi) is 5.20. The molecule has 0 bridgehead atoms. The predicted molar refractivity (Wildman–Crippen MR) is 70.1 cm³/mol. The molecule has 1 saturated heterocycles. The fourth-order valence-corrected chi connectivity index (χ4v) is 2.69. The van der Waals surface area contributed by atoms with Crippen LogP contribution in [0.1, 0.15) is 26.2 Å². The predicted octanol–water partition coefficient (Wildman–Crippen LogP) is -0.810. The largest absolute Gasteiger partial charge is 0.870 e. The second-order valence-electron chi connectivity index (χ2n) is 4.65. The summed E-state index contributed by atoms with van der Waals surface area (Å²) >= 11 is 0. The lowest BCUT2D eigenvalue weighted by Gasteiger charge is -2.33. The van der Waals surface area contributed by atoms with Gasteiger partial charge in [0.25, 0.3) is 0 Å². The van der Waals surface area contributed by atoms with Gasteiger partial charge in [-0.3, -0.25) is 10.3 Å². The maximum Gasteiger partial charge on any atom is 0.481 e. The van der Waals surface area contributed by atoms with Crippen LogP contribution < -0.4 is 11.1 Å². The number of hydroxylamine groups is 1. The number of nitrogens with one attached hydrogen (secondary N) is 1. The molecule has 1 atom stereocenters. The highest BCUT2D eigenvalue weighted by molar-refractivity contribution is 7.80. The van der Waals surface area contributed by atoms with Gasteiger partial charge in [-0.2, -0.15) is 12.7 Å². The summed E-state index contributed by atoms with van der Waals surface area (Å²) in [7, 11) is -4.59. The molecule has 2 aliphatic rings. The number of rotatable bonds is 3. The first-order chi connectivity index (χ1) is 8.87. The van der Waals surface area contributed by atoms with Crippen LogP contribution >= 0.6 is 0 Å². The van der Waals surface area contributed by atoms with Crippen molar-refractivity contribution in [3.8, 4) is 0 Å². The summed E-state index contributed by atoms with van der Waals surface area (Å²) in [5.74, 6) is 0.976. The highest BCUT2D eigenvalue weighted by Gasteiger charge is 2.30. The summed E-state index contributed by atoms with van der Waals surface area (Å²) in [4.78, 5) is 2.16. The van der Waals surface area contributed by atoms with E-state index < -0.39 is 16.6 Å². The Labute approximate surface area is 117 Å².